The largest absolute Gasteiger partial charge is 0.329 e. The van der Waals surface area contributed by atoms with Crippen molar-refractivity contribution in [3.63, 3.8) is 0 Å². The van der Waals surface area contributed by atoms with Crippen molar-refractivity contribution in [3.8, 4) is 11.3 Å². The molecule has 3 aromatic rings. The average molecular weight is 333 g/mol. The van der Waals surface area contributed by atoms with E-state index < -0.39 is 0 Å². The fraction of sp³-hybridized carbons (Fsp3) is 0.250. The van der Waals surface area contributed by atoms with Crippen LogP contribution in [0.4, 0.5) is 5.69 Å². The molecule has 1 saturated heterocycles. The fourth-order valence-corrected chi connectivity index (χ4v) is 3.52. The first kappa shape index (κ1) is 15.6. The van der Waals surface area contributed by atoms with E-state index in [4.69, 9.17) is 0 Å². The molecule has 1 aliphatic heterocycles. The third-order valence-electron chi connectivity index (χ3n) is 4.86. The molecule has 0 bridgehead atoms. The van der Waals surface area contributed by atoms with Gasteiger partial charge in [-0.1, -0.05) is 0 Å². The van der Waals surface area contributed by atoms with Gasteiger partial charge >= 0.3 is 0 Å². The SMILES string of the molecule is Cc1cc(-c2ccc[nH]c2=O)nc2ccc(N3C(=O)CCC3C)cc12. The van der Waals surface area contributed by atoms with Crippen molar-refractivity contribution < 1.29 is 4.79 Å². The Hall–Kier alpha value is -2.95. The minimum Gasteiger partial charge on any atom is -0.329 e. The zero-order valence-electron chi connectivity index (χ0n) is 14.2. The maximum absolute atomic E-state index is 12.2. The van der Waals surface area contributed by atoms with E-state index in [1.165, 1.54) is 0 Å². The van der Waals surface area contributed by atoms with E-state index in [9.17, 15) is 9.59 Å². The van der Waals surface area contributed by atoms with Crippen LogP contribution in [0.2, 0.25) is 0 Å². The van der Waals surface area contributed by atoms with Crippen LogP contribution in [0.3, 0.4) is 0 Å². The number of aromatic amines is 1. The molecule has 5 heteroatoms. The van der Waals surface area contributed by atoms with Gasteiger partial charge in [0.25, 0.3) is 5.56 Å². The summed E-state index contributed by atoms with van der Waals surface area (Å²) in [6.07, 6.45) is 3.11. The second kappa shape index (κ2) is 5.84. The van der Waals surface area contributed by atoms with E-state index in [0.717, 1.165) is 28.6 Å². The monoisotopic (exact) mass is 333 g/mol. The van der Waals surface area contributed by atoms with E-state index in [1.54, 1.807) is 18.3 Å². The van der Waals surface area contributed by atoms with Crippen LogP contribution in [-0.4, -0.2) is 21.9 Å². The quantitative estimate of drug-likeness (QED) is 0.781. The number of pyridine rings is 2. The third-order valence-corrected chi connectivity index (χ3v) is 4.86. The molecule has 0 spiro atoms. The van der Waals surface area contributed by atoms with Crippen LogP contribution in [-0.2, 0) is 4.79 Å². The molecule has 5 nitrogen and oxygen atoms in total. The number of hydrogen-bond donors (Lipinski definition) is 1. The number of benzene rings is 1. The Labute approximate surface area is 145 Å². The van der Waals surface area contributed by atoms with E-state index >= 15 is 0 Å². The van der Waals surface area contributed by atoms with Gasteiger partial charge in [0.1, 0.15) is 0 Å². The average Bonchev–Trinajstić information content (AvgIpc) is 2.94. The van der Waals surface area contributed by atoms with Crippen molar-refractivity contribution in [2.24, 2.45) is 0 Å². The number of anilines is 1. The van der Waals surface area contributed by atoms with Crippen molar-refractivity contribution >= 4 is 22.5 Å². The lowest BCUT2D eigenvalue weighted by atomic mass is 10.0. The zero-order chi connectivity index (χ0) is 17.6. The third kappa shape index (κ3) is 2.61. The summed E-state index contributed by atoms with van der Waals surface area (Å²) in [5, 5.41) is 1.00. The molecule has 2 aromatic heterocycles. The molecule has 3 heterocycles. The highest BCUT2D eigenvalue weighted by molar-refractivity contribution is 5.98. The van der Waals surface area contributed by atoms with Gasteiger partial charge in [0.2, 0.25) is 5.91 Å². The van der Waals surface area contributed by atoms with Crippen molar-refractivity contribution in [2.45, 2.75) is 32.7 Å². The van der Waals surface area contributed by atoms with Gasteiger partial charge in [-0.15, -0.1) is 0 Å². The number of amides is 1. The topological polar surface area (TPSA) is 66.1 Å². The lowest BCUT2D eigenvalue weighted by molar-refractivity contribution is -0.117. The van der Waals surface area contributed by atoms with Gasteiger partial charge in [-0.05, 0) is 62.2 Å². The predicted molar refractivity (Wildman–Crippen MR) is 98.7 cm³/mol. The van der Waals surface area contributed by atoms with E-state index in [0.29, 0.717) is 17.7 Å². The summed E-state index contributed by atoms with van der Waals surface area (Å²) in [5.41, 5.74) is 3.83. The molecule has 4 rings (SSSR count). The predicted octanol–water partition coefficient (Wildman–Crippen LogP) is 3.41. The van der Waals surface area contributed by atoms with Crippen molar-refractivity contribution in [1.29, 1.82) is 0 Å². The van der Waals surface area contributed by atoms with Gasteiger partial charge < -0.3 is 9.88 Å². The summed E-state index contributed by atoms with van der Waals surface area (Å²) in [6, 6.07) is 11.6. The molecule has 25 heavy (non-hydrogen) atoms. The van der Waals surface area contributed by atoms with Crippen LogP contribution < -0.4 is 10.5 Å². The Morgan fingerprint density at radius 3 is 2.76 bits per heavy atom. The molecule has 0 aliphatic carbocycles. The highest BCUT2D eigenvalue weighted by Crippen LogP contribution is 2.31. The number of rotatable bonds is 2. The van der Waals surface area contributed by atoms with Crippen LogP contribution in [0.1, 0.15) is 25.3 Å². The van der Waals surface area contributed by atoms with Crippen LogP contribution >= 0.6 is 0 Å². The van der Waals surface area contributed by atoms with Gasteiger partial charge in [0, 0.05) is 29.7 Å². The van der Waals surface area contributed by atoms with Gasteiger partial charge in [0.05, 0.1) is 16.8 Å². The standard InChI is InChI=1S/C20H19N3O2/c1-12-10-18(15-4-3-9-21-20(15)25)22-17-7-6-14(11-16(12)17)23-13(2)5-8-19(23)24/h3-4,6-7,9-11,13H,5,8H2,1-2H3,(H,21,25). The number of carbonyl (C=O) groups excluding carboxylic acids is 1. The summed E-state index contributed by atoms with van der Waals surface area (Å²) < 4.78 is 0. The molecule has 1 N–H and O–H groups in total. The van der Waals surface area contributed by atoms with E-state index in [-0.39, 0.29) is 17.5 Å². The van der Waals surface area contributed by atoms with Gasteiger partial charge in [-0.25, -0.2) is 4.98 Å². The Balaban J connectivity index is 1.84. The molecule has 1 atom stereocenters. The Morgan fingerprint density at radius 1 is 1.20 bits per heavy atom. The van der Waals surface area contributed by atoms with Crippen molar-refractivity contribution in [2.75, 3.05) is 4.90 Å². The molecule has 1 fully saturated rings. The fourth-order valence-electron chi connectivity index (χ4n) is 3.52. The number of aryl methyl sites for hydroxylation is 1. The lowest BCUT2D eigenvalue weighted by Gasteiger charge is -2.22. The second-order valence-electron chi connectivity index (χ2n) is 6.59. The molecule has 126 valence electrons. The van der Waals surface area contributed by atoms with E-state index in [1.807, 2.05) is 36.1 Å². The van der Waals surface area contributed by atoms with Crippen LogP contribution in [0.5, 0.6) is 0 Å². The number of nitrogens with one attached hydrogen (secondary N) is 1. The maximum atomic E-state index is 12.2. The number of carbonyl (C=O) groups is 1. The maximum Gasteiger partial charge on any atom is 0.257 e. The van der Waals surface area contributed by atoms with E-state index in [2.05, 4.69) is 16.9 Å². The number of fused-ring (bicyclic) bond motifs is 1. The Kier molecular flexibility index (Phi) is 3.64. The second-order valence-corrected chi connectivity index (χ2v) is 6.59. The Morgan fingerprint density at radius 2 is 2.04 bits per heavy atom. The number of H-pyrrole nitrogens is 1. The van der Waals surface area contributed by atoms with Crippen LogP contribution in [0.15, 0.2) is 47.4 Å². The van der Waals surface area contributed by atoms with Crippen LogP contribution in [0, 0.1) is 6.92 Å². The molecule has 1 aliphatic rings. The summed E-state index contributed by atoms with van der Waals surface area (Å²) in [5.74, 6) is 0.171. The van der Waals surface area contributed by atoms with Crippen LogP contribution in [0.25, 0.3) is 22.2 Å². The normalized spacial score (nSPS) is 17.4. The molecular formula is C20H19N3O2. The smallest absolute Gasteiger partial charge is 0.257 e. The zero-order valence-corrected chi connectivity index (χ0v) is 14.2. The molecule has 0 radical (unpaired) electrons. The molecule has 0 saturated carbocycles. The summed E-state index contributed by atoms with van der Waals surface area (Å²) in [6.45, 7) is 4.08. The van der Waals surface area contributed by atoms with Crippen molar-refractivity contribution in [3.05, 3.63) is 58.5 Å². The first-order valence-corrected chi connectivity index (χ1v) is 8.46. The minimum absolute atomic E-state index is 0.151. The number of hydrogen-bond acceptors (Lipinski definition) is 3. The molecule has 1 amide bonds. The van der Waals surface area contributed by atoms with Gasteiger partial charge in [-0.3, -0.25) is 9.59 Å². The summed E-state index contributed by atoms with van der Waals surface area (Å²) >= 11 is 0. The lowest BCUT2D eigenvalue weighted by Crippen LogP contribution is -2.30. The molecular weight excluding hydrogens is 314 g/mol. The number of nitrogens with zero attached hydrogens (tertiary/aromatic N) is 2. The molecule has 1 unspecified atom stereocenters. The molecule has 1 aromatic carbocycles. The minimum atomic E-state index is -0.151. The Bertz CT molecular complexity index is 1040. The summed E-state index contributed by atoms with van der Waals surface area (Å²) in [4.78, 5) is 33.4. The highest BCUT2D eigenvalue weighted by atomic mass is 16.2. The number of aromatic nitrogens is 2. The summed E-state index contributed by atoms with van der Waals surface area (Å²) in [7, 11) is 0. The van der Waals surface area contributed by atoms with Gasteiger partial charge in [0.15, 0.2) is 0 Å². The first-order valence-electron chi connectivity index (χ1n) is 8.46. The first-order chi connectivity index (χ1) is 12.0. The van der Waals surface area contributed by atoms with Crippen molar-refractivity contribution in [1.82, 2.24) is 9.97 Å². The van der Waals surface area contributed by atoms with Gasteiger partial charge in [-0.2, -0.15) is 0 Å². The highest BCUT2D eigenvalue weighted by Gasteiger charge is 2.28.